The maximum atomic E-state index is 12.5. The van der Waals surface area contributed by atoms with E-state index >= 15 is 0 Å². The van der Waals surface area contributed by atoms with Gasteiger partial charge in [0.15, 0.2) is 5.75 Å². The molecule has 0 fully saturated rings. The number of carbonyl (C=O) groups excluding carboxylic acids is 1. The quantitative estimate of drug-likeness (QED) is 0.609. The Morgan fingerprint density at radius 3 is 2.39 bits per heavy atom. The highest BCUT2D eigenvalue weighted by Gasteiger charge is 2.19. The van der Waals surface area contributed by atoms with Crippen molar-refractivity contribution >= 4 is 33.3 Å². The van der Waals surface area contributed by atoms with Gasteiger partial charge in [0.1, 0.15) is 17.6 Å². The van der Waals surface area contributed by atoms with E-state index in [1.54, 1.807) is 0 Å². The summed E-state index contributed by atoms with van der Waals surface area (Å²) in [5, 5.41) is 0.415. The number of esters is 1. The van der Waals surface area contributed by atoms with Gasteiger partial charge in [0, 0.05) is 10.7 Å². The molecular weight excluding hydrogens is 406 g/mol. The van der Waals surface area contributed by atoms with Crippen LogP contribution in [-0.4, -0.2) is 31.5 Å². The van der Waals surface area contributed by atoms with Gasteiger partial charge in [0.2, 0.25) is 0 Å². The average Bonchev–Trinajstić information content (AvgIpc) is 2.69. The second kappa shape index (κ2) is 8.24. The summed E-state index contributed by atoms with van der Waals surface area (Å²) in [5.74, 6) is -0.224. The molecule has 0 saturated carbocycles. The van der Waals surface area contributed by atoms with Gasteiger partial charge in [0.05, 0.1) is 24.4 Å². The molecule has 28 heavy (non-hydrogen) atoms. The molecule has 0 aliphatic heterocycles. The molecule has 0 unspecified atom stereocenters. The van der Waals surface area contributed by atoms with Crippen LogP contribution in [0.4, 0.5) is 5.69 Å². The van der Waals surface area contributed by atoms with Crippen LogP contribution in [0.25, 0.3) is 0 Å². The lowest BCUT2D eigenvalue weighted by Crippen LogP contribution is -2.14. The molecule has 1 heterocycles. The Balaban J connectivity index is 1.92. The minimum absolute atomic E-state index is 0.0262. The summed E-state index contributed by atoms with van der Waals surface area (Å²) in [7, 11) is -2.66. The number of methoxy groups -OCH3 is 1. The highest BCUT2D eigenvalue weighted by Crippen LogP contribution is 2.29. The van der Waals surface area contributed by atoms with Crippen LogP contribution >= 0.6 is 11.6 Å². The zero-order valence-corrected chi connectivity index (χ0v) is 16.1. The molecule has 0 radical (unpaired) electrons. The van der Waals surface area contributed by atoms with Crippen LogP contribution in [0.2, 0.25) is 5.02 Å². The number of sulfonamides is 1. The molecule has 3 rings (SSSR count). The maximum absolute atomic E-state index is 12.5. The first kappa shape index (κ1) is 19.6. The van der Waals surface area contributed by atoms with Gasteiger partial charge in [-0.25, -0.2) is 23.2 Å². The molecule has 1 N–H and O–H groups in total. The number of halogens is 1. The molecule has 0 spiro atoms. The molecule has 0 aliphatic rings. The van der Waals surface area contributed by atoms with Gasteiger partial charge < -0.3 is 9.47 Å². The van der Waals surface area contributed by atoms with Crippen LogP contribution in [0.5, 0.6) is 11.5 Å². The fourth-order valence-corrected chi connectivity index (χ4v) is 3.42. The first-order valence-electron chi connectivity index (χ1n) is 7.82. The lowest BCUT2D eigenvalue weighted by atomic mass is 10.2. The van der Waals surface area contributed by atoms with Gasteiger partial charge in [-0.2, -0.15) is 0 Å². The molecule has 2 aromatic carbocycles. The first-order chi connectivity index (χ1) is 13.4. The van der Waals surface area contributed by atoms with Gasteiger partial charge in [-0.15, -0.1) is 0 Å². The Bertz CT molecular complexity index is 1090. The fraction of sp³-hybridized carbons (Fsp3) is 0.0556. The Hall–Kier alpha value is -3.17. The van der Waals surface area contributed by atoms with Crippen molar-refractivity contribution < 1.29 is 22.7 Å². The zero-order chi connectivity index (χ0) is 20.1. The van der Waals surface area contributed by atoms with Crippen molar-refractivity contribution in [2.24, 2.45) is 0 Å². The Labute approximate surface area is 166 Å². The summed E-state index contributed by atoms with van der Waals surface area (Å²) in [4.78, 5) is 19.8. The van der Waals surface area contributed by atoms with Crippen molar-refractivity contribution in [3.63, 3.8) is 0 Å². The van der Waals surface area contributed by atoms with Gasteiger partial charge in [0.25, 0.3) is 10.0 Å². The maximum Gasteiger partial charge on any atom is 0.341 e. The number of benzene rings is 2. The van der Waals surface area contributed by atoms with Gasteiger partial charge in [-0.05, 0) is 42.5 Å². The molecule has 0 aliphatic carbocycles. The van der Waals surface area contributed by atoms with E-state index in [4.69, 9.17) is 21.1 Å². The topological polar surface area (TPSA) is 107 Å². The lowest BCUT2D eigenvalue weighted by Gasteiger charge is -2.13. The Kier molecular flexibility index (Phi) is 5.76. The number of hydrogen-bond acceptors (Lipinski definition) is 7. The first-order valence-corrected chi connectivity index (χ1v) is 9.69. The number of rotatable bonds is 6. The van der Waals surface area contributed by atoms with Crippen molar-refractivity contribution in [3.8, 4) is 11.5 Å². The molecule has 0 bridgehead atoms. The van der Waals surface area contributed by atoms with E-state index in [1.807, 2.05) is 0 Å². The third-order valence-electron chi connectivity index (χ3n) is 3.53. The summed E-state index contributed by atoms with van der Waals surface area (Å²) in [6.07, 6.45) is 4.18. The third-order valence-corrected chi connectivity index (χ3v) is 5.17. The van der Waals surface area contributed by atoms with Crippen molar-refractivity contribution in [2.45, 2.75) is 4.90 Å². The molecule has 0 saturated heterocycles. The van der Waals surface area contributed by atoms with Crippen LogP contribution < -0.4 is 9.46 Å². The van der Waals surface area contributed by atoms with Crippen LogP contribution in [-0.2, 0) is 14.8 Å². The number of carbonyl (C=O) groups is 1. The summed E-state index contributed by atoms with van der Waals surface area (Å²) >= 11 is 5.79. The normalized spacial score (nSPS) is 10.9. The van der Waals surface area contributed by atoms with Crippen molar-refractivity contribution in [2.75, 3.05) is 11.8 Å². The predicted octanol–water partition coefficient (Wildman–Crippen LogP) is 3.51. The zero-order valence-electron chi connectivity index (χ0n) is 14.5. The van der Waals surface area contributed by atoms with Gasteiger partial charge in [-0.1, -0.05) is 11.6 Å². The predicted molar refractivity (Wildman–Crippen MR) is 102 cm³/mol. The summed E-state index contributed by atoms with van der Waals surface area (Å²) < 4.78 is 37.8. The van der Waals surface area contributed by atoms with E-state index in [9.17, 15) is 13.2 Å². The van der Waals surface area contributed by atoms with E-state index < -0.39 is 16.0 Å². The smallest absolute Gasteiger partial charge is 0.341 e. The van der Waals surface area contributed by atoms with Crippen molar-refractivity contribution in [3.05, 3.63) is 71.8 Å². The van der Waals surface area contributed by atoms with E-state index in [0.29, 0.717) is 10.8 Å². The van der Waals surface area contributed by atoms with Crippen LogP contribution in [0.1, 0.15) is 10.4 Å². The van der Waals surface area contributed by atoms with Crippen molar-refractivity contribution in [1.29, 1.82) is 0 Å². The number of nitrogens with one attached hydrogen (secondary N) is 1. The second-order valence-corrected chi connectivity index (χ2v) is 7.56. The monoisotopic (exact) mass is 419 g/mol. The standard InChI is InChI=1S/C18H14ClN3O5S/c1-26-18(23)16-8-13(4-7-17(16)27-14-9-20-11-21-10-14)22-28(24,25)15-5-2-12(19)3-6-15/h2-11,22H,1H3. The minimum atomic E-state index is -3.87. The highest BCUT2D eigenvalue weighted by atomic mass is 35.5. The largest absolute Gasteiger partial charge is 0.465 e. The molecule has 10 heteroatoms. The number of hydrogen-bond donors (Lipinski definition) is 1. The second-order valence-electron chi connectivity index (χ2n) is 5.44. The SMILES string of the molecule is COC(=O)c1cc(NS(=O)(=O)c2ccc(Cl)cc2)ccc1Oc1cncnc1. The fourth-order valence-electron chi connectivity index (χ4n) is 2.24. The molecular formula is C18H14ClN3O5S. The molecule has 8 nitrogen and oxygen atoms in total. The Morgan fingerprint density at radius 1 is 1.07 bits per heavy atom. The van der Waals surface area contributed by atoms with E-state index in [0.717, 1.165) is 0 Å². The molecule has 144 valence electrons. The average molecular weight is 420 g/mol. The van der Waals surface area contributed by atoms with E-state index in [-0.39, 0.29) is 21.9 Å². The highest BCUT2D eigenvalue weighted by molar-refractivity contribution is 7.92. The van der Waals surface area contributed by atoms with Crippen LogP contribution in [0.3, 0.4) is 0 Å². The van der Waals surface area contributed by atoms with Gasteiger partial charge >= 0.3 is 5.97 Å². The van der Waals surface area contributed by atoms with Crippen LogP contribution in [0.15, 0.2) is 66.1 Å². The lowest BCUT2D eigenvalue weighted by molar-refractivity contribution is 0.0598. The number of ether oxygens (including phenoxy) is 2. The Morgan fingerprint density at radius 2 is 1.75 bits per heavy atom. The summed E-state index contributed by atoms with van der Waals surface area (Å²) in [5.41, 5.74) is 0.190. The number of aromatic nitrogens is 2. The van der Waals surface area contributed by atoms with Gasteiger partial charge in [-0.3, -0.25) is 4.72 Å². The molecule has 3 aromatic rings. The summed E-state index contributed by atoms with van der Waals surface area (Å²) in [6, 6.07) is 9.90. The summed E-state index contributed by atoms with van der Waals surface area (Å²) in [6.45, 7) is 0. The minimum Gasteiger partial charge on any atom is -0.465 e. The molecule has 1 aromatic heterocycles. The molecule has 0 atom stereocenters. The van der Waals surface area contributed by atoms with Crippen LogP contribution in [0, 0.1) is 0 Å². The third kappa shape index (κ3) is 4.56. The van der Waals surface area contributed by atoms with E-state index in [1.165, 1.54) is 68.3 Å². The number of nitrogens with zero attached hydrogens (tertiary/aromatic N) is 2. The molecule has 0 amide bonds. The van der Waals surface area contributed by atoms with E-state index in [2.05, 4.69) is 14.7 Å². The number of anilines is 1. The van der Waals surface area contributed by atoms with Crippen molar-refractivity contribution in [1.82, 2.24) is 9.97 Å².